The van der Waals surface area contributed by atoms with Crippen LogP contribution in [0.5, 0.6) is 0 Å². The van der Waals surface area contributed by atoms with Crippen LogP contribution in [0.2, 0.25) is 0 Å². The molecule has 2 unspecified atom stereocenters. The Bertz CT molecular complexity index is 872. The molecule has 0 aliphatic heterocycles. The third-order valence-corrected chi connectivity index (χ3v) is 10.4. The van der Waals surface area contributed by atoms with Crippen molar-refractivity contribution in [3.8, 4) is 0 Å². The van der Waals surface area contributed by atoms with Crippen LogP contribution in [0.4, 0.5) is 0 Å². The molecule has 2 atom stereocenters. The Hall–Kier alpha value is -1.18. The van der Waals surface area contributed by atoms with Crippen LogP contribution in [0.1, 0.15) is 219 Å². The molecule has 0 aromatic heterocycles. The van der Waals surface area contributed by atoms with Gasteiger partial charge in [-0.2, -0.15) is 8.42 Å². The first kappa shape index (κ1) is 47.8. The summed E-state index contributed by atoms with van der Waals surface area (Å²) in [6.45, 7) is 4.50. The van der Waals surface area contributed by atoms with E-state index in [1.807, 2.05) is 0 Å². The van der Waals surface area contributed by atoms with Gasteiger partial charge in [0.25, 0.3) is 10.1 Å². The lowest BCUT2D eigenvalue weighted by Gasteiger charge is -2.23. The van der Waals surface area contributed by atoms with E-state index in [1.54, 1.807) is 0 Å². The van der Waals surface area contributed by atoms with E-state index in [0.29, 0.717) is 12.8 Å². The summed E-state index contributed by atoms with van der Waals surface area (Å²) < 4.78 is 32.6. The van der Waals surface area contributed by atoms with Crippen LogP contribution in [-0.4, -0.2) is 41.9 Å². The van der Waals surface area contributed by atoms with E-state index in [0.717, 1.165) is 57.8 Å². The number of hydrogen-bond acceptors (Lipinski definition) is 4. The number of amides is 1. The van der Waals surface area contributed by atoms with Gasteiger partial charge in [-0.1, -0.05) is 192 Å². The topological polar surface area (TPSA) is 104 Å². The maximum Gasteiger partial charge on any atom is 0.266 e. The molecule has 0 spiro atoms. The lowest BCUT2D eigenvalue weighted by atomic mass is 10.0. The largest absolute Gasteiger partial charge is 0.391 e. The molecular weight excluding hydrogens is 631 g/mol. The van der Waals surface area contributed by atoms with Crippen molar-refractivity contribution in [2.75, 3.05) is 5.75 Å². The normalized spacial score (nSPS) is 13.5. The average Bonchev–Trinajstić information content (AvgIpc) is 3.06. The monoisotopic (exact) mass is 712 g/mol. The molecule has 0 heterocycles. The van der Waals surface area contributed by atoms with E-state index in [4.69, 9.17) is 0 Å². The van der Waals surface area contributed by atoms with Gasteiger partial charge in [-0.15, -0.1) is 0 Å². The number of aliphatic hydroxyl groups is 1. The maximum atomic E-state index is 12.5. The van der Waals surface area contributed by atoms with Gasteiger partial charge in [0.05, 0.1) is 17.9 Å². The zero-order chi connectivity index (χ0) is 36.1. The minimum atomic E-state index is -4.31. The van der Waals surface area contributed by atoms with Gasteiger partial charge >= 0.3 is 0 Å². The van der Waals surface area contributed by atoms with Gasteiger partial charge in [0.1, 0.15) is 0 Å². The van der Waals surface area contributed by atoms with Gasteiger partial charge in [0.15, 0.2) is 0 Å². The highest BCUT2D eigenvalue weighted by Gasteiger charge is 2.26. The smallest absolute Gasteiger partial charge is 0.266 e. The summed E-state index contributed by atoms with van der Waals surface area (Å²) >= 11 is 0. The van der Waals surface area contributed by atoms with Crippen molar-refractivity contribution < 1.29 is 22.9 Å². The number of unbranched alkanes of at least 4 members (excludes halogenated alkanes) is 26. The summed E-state index contributed by atoms with van der Waals surface area (Å²) in [6, 6.07) is -0.973. The van der Waals surface area contributed by atoms with Crippen molar-refractivity contribution in [3.05, 3.63) is 24.3 Å². The maximum absolute atomic E-state index is 12.5. The molecule has 0 aliphatic carbocycles. The first-order valence-corrected chi connectivity index (χ1v) is 22.6. The summed E-state index contributed by atoms with van der Waals surface area (Å²) in [5.74, 6) is -0.901. The average molecular weight is 712 g/mol. The van der Waals surface area contributed by atoms with Crippen LogP contribution in [0.3, 0.4) is 0 Å². The van der Waals surface area contributed by atoms with Gasteiger partial charge in [0, 0.05) is 6.42 Å². The minimum absolute atomic E-state index is 0.252. The lowest BCUT2D eigenvalue weighted by molar-refractivity contribution is -0.122. The second-order valence-electron chi connectivity index (χ2n) is 14.6. The van der Waals surface area contributed by atoms with Gasteiger partial charge in [0.2, 0.25) is 5.91 Å². The van der Waals surface area contributed by atoms with E-state index in [2.05, 4.69) is 43.5 Å². The van der Waals surface area contributed by atoms with Crippen molar-refractivity contribution in [1.29, 1.82) is 0 Å². The number of nitrogens with one attached hydrogen (secondary N) is 1. The van der Waals surface area contributed by atoms with Crippen LogP contribution in [-0.2, 0) is 14.9 Å². The second kappa shape index (κ2) is 36.6. The molecule has 0 saturated heterocycles. The Morgan fingerprint density at radius 1 is 0.551 bits per heavy atom. The molecule has 0 saturated carbocycles. The quantitative estimate of drug-likeness (QED) is 0.0336. The Morgan fingerprint density at radius 3 is 1.37 bits per heavy atom. The molecule has 0 bridgehead atoms. The molecule has 0 rings (SSSR count). The molecule has 1 amide bonds. The number of rotatable bonds is 38. The zero-order valence-electron chi connectivity index (χ0n) is 32.3. The van der Waals surface area contributed by atoms with Crippen LogP contribution in [0.15, 0.2) is 24.3 Å². The number of carbonyl (C=O) groups is 1. The Morgan fingerprint density at radius 2 is 0.918 bits per heavy atom. The Kier molecular flexibility index (Phi) is 35.7. The first-order chi connectivity index (χ1) is 23.8. The van der Waals surface area contributed by atoms with E-state index in [9.17, 15) is 22.9 Å². The number of aliphatic hydroxyl groups excluding tert-OH is 1. The lowest BCUT2D eigenvalue weighted by Crippen LogP contribution is -2.47. The standard InChI is InChI=1S/C42H81NO5S/c1-3-5-7-9-11-13-15-17-19-21-23-25-27-29-31-33-35-37-41(44)40(39-49(46,47)48)43-42(45)38-36-34-32-30-28-26-24-22-20-18-16-14-12-10-8-6-4-2/h12,14,18,20,40-41,44H,3-11,13,15-17,19,21-39H2,1-2H3,(H,43,45)(H,46,47,48)/b14-12-,20-18-. The second-order valence-corrected chi connectivity index (χ2v) is 16.1. The molecule has 0 fully saturated rings. The van der Waals surface area contributed by atoms with Gasteiger partial charge in [-0.3, -0.25) is 9.35 Å². The van der Waals surface area contributed by atoms with Crippen molar-refractivity contribution in [1.82, 2.24) is 5.32 Å². The highest BCUT2D eigenvalue weighted by Crippen LogP contribution is 2.16. The van der Waals surface area contributed by atoms with Crippen molar-refractivity contribution in [3.63, 3.8) is 0 Å². The molecule has 0 aromatic rings. The summed E-state index contributed by atoms with van der Waals surface area (Å²) in [5.41, 5.74) is 0. The predicted molar refractivity (Wildman–Crippen MR) is 212 cm³/mol. The highest BCUT2D eigenvalue weighted by atomic mass is 32.2. The molecule has 0 aromatic carbocycles. The number of allylic oxidation sites excluding steroid dienone is 4. The Balaban J connectivity index is 3.86. The molecule has 0 aliphatic rings. The Labute approximate surface area is 304 Å². The third-order valence-electron chi connectivity index (χ3n) is 9.66. The van der Waals surface area contributed by atoms with Gasteiger partial charge in [-0.05, 0) is 44.9 Å². The predicted octanol–water partition coefficient (Wildman–Crippen LogP) is 12.4. The van der Waals surface area contributed by atoms with Crippen LogP contribution in [0, 0.1) is 0 Å². The molecule has 49 heavy (non-hydrogen) atoms. The van der Waals surface area contributed by atoms with Crippen LogP contribution < -0.4 is 5.32 Å². The minimum Gasteiger partial charge on any atom is -0.391 e. The molecule has 6 nitrogen and oxygen atoms in total. The van der Waals surface area contributed by atoms with Crippen molar-refractivity contribution in [2.24, 2.45) is 0 Å². The van der Waals surface area contributed by atoms with Crippen molar-refractivity contribution >= 4 is 16.0 Å². The van der Waals surface area contributed by atoms with Gasteiger partial charge in [-0.25, -0.2) is 0 Å². The van der Waals surface area contributed by atoms with E-state index >= 15 is 0 Å². The summed E-state index contributed by atoms with van der Waals surface area (Å²) in [4.78, 5) is 12.5. The summed E-state index contributed by atoms with van der Waals surface area (Å²) in [6.07, 6.45) is 45.5. The van der Waals surface area contributed by atoms with Crippen LogP contribution >= 0.6 is 0 Å². The fraction of sp³-hybridized carbons (Fsp3) is 0.881. The first-order valence-electron chi connectivity index (χ1n) is 21.0. The van der Waals surface area contributed by atoms with E-state index < -0.39 is 28.0 Å². The molecule has 290 valence electrons. The fourth-order valence-corrected chi connectivity index (χ4v) is 7.24. The molecular formula is C42H81NO5S. The molecule has 7 heteroatoms. The summed E-state index contributed by atoms with van der Waals surface area (Å²) in [7, 11) is -4.31. The van der Waals surface area contributed by atoms with Crippen molar-refractivity contribution in [2.45, 2.75) is 231 Å². The molecule has 3 N–H and O–H groups in total. The van der Waals surface area contributed by atoms with Crippen LogP contribution in [0.25, 0.3) is 0 Å². The number of carbonyl (C=O) groups excluding carboxylic acids is 1. The molecule has 0 radical (unpaired) electrons. The summed E-state index contributed by atoms with van der Waals surface area (Å²) in [5, 5.41) is 13.4. The number of hydrogen-bond donors (Lipinski definition) is 3. The third kappa shape index (κ3) is 37.9. The van der Waals surface area contributed by atoms with Gasteiger partial charge < -0.3 is 10.4 Å². The fourth-order valence-electron chi connectivity index (χ4n) is 6.48. The zero-order valence-corrected chi connectivity index (χ0v) is 33.1. The SMILES string of the molecule is CCCCC/C=C\C/C=C\CCCCCCCCCC(=O)NC(CS(=O)(=O)O)C(O)CCCCCCCCCCCCCCCCCCC. The van der Waals surface area contributed by atoms with E-state index in [-0.39, 0.29) is 5.91 Å². The highest BCUT2D eigenvalue weighted by molar-refractivity contribution is 7.85. The van der Waals surface area contributed by atoms with E-state index in [1.165, 1.54) is 135 Å².